The van der Waals surface area contributed by atoms with Gasteiger partial charge in [-0.15, -0.1) is 0 Å². The van der Waals surface area contributed by atoms with Crippen molar-refractivity contribution in [2.75, 3.05) is 23.5 Å². The number of halogens is 4. The van der Waals surface area contributed by atoms with Crippen LogP contribution in [0.15, 0.2) is 36.4 Å². The fourth-order valence-corrected chi connectivity index (χ4v) is 3.08. The Morgan fingerprint density at radius 3 is 2.41 bits per heavy atom. The molecule has 1 heterocycles. The van der Waals surface area contributed by atoms with Crippen LogP contribution in [0, 0.1) is 0 Å². The quantitative estimate of drug-likeness (QED) is 0.753. The van der Waals surface area contributed by atoms with Gasteiger partial charge in [0.2, 0.25) is 5.91 Å². The molecule has 142 valence electrons. The summed E-state index contributed by atoms with van der Waals surface area (Å²) < 4.78 is 44.7. The Balaban J connectivity index is 2.24. The lowest BCUT2D eigenvalue weighted by atomic mass is 10.1. The van der Waals surface area contributed by atoms with Gasteiger partial charge in [-0.2, -0.15) is 13.2 Å². The first-order chi connectivity index (χ1) is 12.6. The summed E-state index contributed by atoms with van der Waals surface area (Å²) in [6, 6.07) is 7.46. The number of alkyl halides is 3. The van der Waals surface area contributed by atoms with Crippen molar-refractivity contribution < 1.29 is 27.5 Å². The van der Waals surface area contributed by atoms with Gasteiger partial charge in [-0.05, 0) is 36.4 Å². The maximum absolute atomic E-state index is 13.1. The summed E-state index contributed by atoms with van der Waals surface area (Å²) >= 11 is 6.03. The number of hydrogen-bond acceptors (Lipinski definition) is 3. The molecule has 0 saturated carbocycles. The summed E-state index contributed by atoms with van der Waals surface area (Å²) in [5.74, 6) is -0.727. The summed E-state index contributed by atoms with van der Waals surface area (Å²) in [6.07, 6.45) is -4.59. The zero-order valence-electron chi connectivity index (χ0n) is 14.3. The van der Waals surface area contributed by atoms with Crippen LogP contribution in [0.1, 0.15) is 12.5 Å². The smallest absolute Gasteiger partial charge is 0.416 e. The van der Waals surface area contributed by atoms with Gasteiger partial charge in [-0.1, -0.05) is 11.6 Å². The molecule has 2 amide bonds. The number of amides is 2. The highest BCUT2D eigenvalue weighted by molar-refractivity contribution is 6.31. The second-order valence-corrected chi connectivity index (χ2v) is 6.29. The van der Waals surface area contributed by atoms with Gasteiger partial charge in [0, 0.05) is 11.9 Å². The first kappa shape index (κ1) is 19.0. The lowest BCUT2D eigenvalue weighted by molar-refractivity contribution is -0.137. The summed E-state index contributed by atoms with van der Waals surface area (Å²) in [7, 11) is 1.40. The first-order valence-corrected chi connectivity index (χ1v) is 8.17. The van der Waals surface area contributed by atoms with Crippen molar-refractivity contribution in [3.63, 3.8) is 0 Å². The molecular formula is C18H14ClF3N2O3. The number of benzene rings is 2. The summed E-state index contributed by atoms with van der Waals surface area (Å²) in [6.45, 7) is 0.784. The van der Waals surface area contributed by atoms with Gasteiger partial charge < -0.3 is 9.64 Å². The van der Waals surface area contributed by atoms with Gasteiger partial charge in [0.25, 0.3) is 5.91 Å². The van der Waals surface area contributed by atoms with Crippen molar-refractivity contribution in [1.29, 1.82) is 0 Å². The van der Waals surface area contributed by atoms with Crippen LogP contribution in [-0.4, -0.2) is 25.5 Å². The second kappa shape index (κ2) is 6.77. The second-order valence-electron chi connectivity index (χ2n) is 5.85. The first-order valence-electron chi connectivity index (χ1n) is 7.79. The fourth-order valence-electron chi connectivity index (χ4n) is 2.91. The molecule has 0 saturated heterocycles. The van der Waals surface area contributed by atoms with Crippen LogP contribution in [0.3, 0.4) is 0 Å². The number of carbonyl (C=O) groups is 2. The number of rotatable bonds is 2. The third kappa shape index (κ3) is 3.44. The Morgan fingerprint density at radius 2 is 1.81 bits per heavy atom. The number of hydrogen-bond donors (Lipinski definition) is 0. The van der Waals surface area contributed by atoms with E-state index in [1.54, 1.807) is 12.1 Å². The molecule has 0 atom stereocenters. The molecular weight excluding hydrogens is 385 g/mol. The number of anilines is 3. The molecule has 0 unspecified atom stereocenters. The van der Waals surface area contributed by atoms with E-state index in [-0.39, 0.29) is 17.1 Å². The molecule has 5 nitrogen and oxygen atoms in total. The highest BCUT2D eigenvalue weighted by atomic mass is 35.5. The van der Waals surface area contributed by atoms with Crippen LogP contribution >= 0.6 is 11.6 Å². The Bertz CT molecular complexity index is 931. The molecule has 2 aromatic rings. The minimum absolute atomic E-state index is 0.0149. The number of nitrogens with zero attached hydrogens (tertiary/aromatic N) is 2. The Morgan fingerprint density at radius 1 is 1.11 bits per heavy atom. The van der Waals surface area contributed by atoms with E-state index in [1.165, 1.54) is 25.0 Å². The van der Waals surface area contributed by atoms with E-state index in [0.717, 1.165) is 23.1 Å². The van der Waals surface area contributed by atoms with E-state index >= 15 is 0 Å². The van der Waals surface area contributed by atoms with Crippen LogP contribution in [0.4, 0.5) is 30.2 Å². The maximum atomic E-state index is 13.1. The van der Waals surface area contributed by atoms with Crippen molar-refractivity contribution in [3.8, 4) is 5.75 Å². The molecule has 0 fully saturated rings. The topological polar surface area (TPSA) is 49.9 Å². The predicted octanol–water partition coefficient (Wildman–Crippen LogP) is 4.40. The van der Waals surface area contributed by atoms with E-state index in [4.69, 9.17) is 16.3 Å². The van der Waals surface area contributed by atoms with E-state index in [0.29, 0.717) is 10.8 Å². The zero-order valence-corrected chi connectivity index (χ0v) is 15.1. The van der Waals surface area contributed by atoms with Crippen LogP contribution in [0.2, 0.25) is 5.02 Å². The minimum atomic E-state index is -4.59. The molecule has 0 radical (unpaired) electrons. The van der Waals surface area contributed by atoms with Gasteiger partial charge >= 0.3 is 6.18 Å². The fraction of sp³-hybridized carbons (Fsp3) is 0.222. The normalized spacial score (nSPS) is 14.2. The molecule has 0 N–H and O–H groups in total. The molecule has 1 aliphatic heterocycles. The Labute approximate surface area is 157 Å². The number of carbonyl (C=O) groups excluding carboxylic acids is 2. The highest BCUT2D eigenvalue weighted by Crippen LogP contribution is 2.45. The molecule has 1 aliphatic rings. The predicted molar refractivity (Wildman–Crippen MR) is 94.6 cm³/mol. The molecule has 27 heavy (non-hydrogen) atoms. The standard InChI is InChI=1S/C18H14ClF3N2O3/c1-10(25)23-9-17(26)24(15-8-12(19)4-6-16(15)27-2)13-5-3-11(7-14(13)23)18(20,21)22/h3-8H,9H2,1-2H3. The zero-order chi connectivity index (χ0) is 19.9. The Hall–Kier alpha value is -2.74. The molecule has 2 aromatic carbocycles. The lowest BCUT2D eigenvalue weighted by Gasteiger charge is -2.36. The van der Waals surface area contributed by atoms with Crippen molar-refractivity contribution in [3.05, 3.63) is 47.0 Å². The van der Waals surface area contributed by atoms with Gasteiger partial charge in [0.1, 0.15) is 12.3 Å². The van der Waals surface area contributed by atoms with Crippen molar-refractivity contribution in [2.45, 2.75) is 13.1 Å². The summed E-state index contributed by atoms with van der Waals surface area (Å²) in [5, 5.41) is 0.320. The van der Waals surface area contributed by atoms with Crippen LogP contribution in [0.25, 0.3) is 0 Å². The average molecular weight is 399 g/mol. The number of methoxy groups -OCH3 is 1. The maximum Gasteiger partial charge on any atom is 0.416 e. The summed E-state index contributed by atoms with van der Waals surface area (Å²) in [5.41, 5.74) is -0.520. The van der Waals surface area contributed by atoms with Crippen molar-refractivity contribution >= 4 is 40.5 Å². The molecule has 3 rings (SSSR count). The van der Waals surface area contributed by atoms with Gasteiger partial charge in [0.05, 0.1) is 29.7 Å². The van der Waals surface area contributed by atoms with Crippen molar-refractivity contribution in [1.82, 2.24) is 0 Å². The molecule has 0 bridgehead atoms. The lowest BCUT2D eigenvalue weighted by Crippen LogP contribution is -2.45. The van der Waals surface area contributed by atoms with Gasteiger partial charge in [0.15, 0.2) is 0 Å². The third-order valence-corrected chi connectivity index (χ3v) is 4.37. The molecule has 0 aromatic heterocycles. The average Bonchev–Trinajstić information content (AvgIpc) is 2.59. The summed E-state index contributed by atoms with van der Waals surface area (Å²) in [4.78, 5) is 26.9. The van der Waals surface area contributed by atoms with Crippen LogP contribution in [-0.2, 0) is 15.8 Å². The van der Waals surface area contributed by atoms with E-state index in [2.05, 4.69) is 0 Å². The van der Waals surface area contributed by atoms with Crippen molar-refractivity contribution in [2.24, 2.45) is 0 Å². The Kier molecular flexibility index (Phi) is 4.77. The van der Waals surface area contributed by atoms with Crippen LogP contribution < -0.4 is 14.5 Å². The molecule has 0 aliphatic carbocycles. The van der Waals surface area contributed by atoms with E-state index in [9.17, 15) is 22.8 Å². The largest absolute Gasteiger partial charge is 0.495 e. The molecule has 9 heteroatoms. The minimum Gasteiger partial charge on any atom is -0.495 e. The molecule has 0 spiro atoms. The van der Waals surface area contributed by atoms with Gasteiger partial charge in [-0.3, -0.25) is 14.5 Å². The highest BCUT2D eigenvalue weighted by Gasteiger charge is 2.37. The van der Waals surface area contributed by atoms with E-state index < -0.39 is 30.1 Å². The SMILES string of the molecule is COc1ccc(Cl)cc1N1C(=O)CN(C(C)=O)c2cc(C(F)(F)F)ccc21. The van der Waals surface area contributed by atoms with Gasteiger partial charge in [-0.25, -0.2) is 0 Å². The number of fused-ring (bicyclic) bond motifs is 1. The van der Waals surface area contributed by atoms with E-state index in [1.807, 2.05) is 0 Å². The number of ether oxygens (including phenoxy) is 1. The van der Waals surface area contributed by atoms with Crippen LogP contribution in [0.5, 0.6) is 5.75 Å². The third-order valence-electron chi connectivity index (χ3n) is 4.14. The monoisotopic (exact) mass is 398 g/mol.